The number of hydrogen-bond acceptors (Lipinski definition) is 4. The summed E-state index contributed by atoms with van der Waals surface area (Å²) < 4.78 is 17.0. The number of fused-ring (bicyclic) bond motifs is 1. The van der Waals surface area contributed by atoms with E-state index in [1.807, 2.05) is 13.8 Å². The Morgan fingerprint density at radius 1 is 1.38 bits per heavy atom. The molecule has 0 spiro atoms. The van der Waals surface area contributed by atoms with E-state index in [4.69, 9.17) is 19.9 Å². The van der Waals surface area contributed by atoms with Crippen LogP contribution in [-0.4, -0.2) is 37.3 Å². The van der Waals surface area contributed by atoms with Crippen molar-refractivity contribution in [2.45, 2.75) is 44.4 Å². The molecule has 2 rings (SSSR count). The molecule has 4 heteroatoms. The molecule has 2 saturated heterocycles. The van der Waals surface area contributed by atoms with Crippen LogP contribution in [0.5, 0.6) is 0 Å². The molecule has 2 unspecified atom stereocenters. The van der Waals surface area contributed by atoms with E-state index in [1.54, 1.807) is 0 Å². The van der Waals surface area contributed by atoms with Gasteiger partial charge in [0.05, 0.1) is 12.2 Å². The zero-order valence-electron chi connectivity index (χ0n) is 8.16. The zero-order valence-corrected chi connectivity index (χ0v) is 8.16. The lowest BCUT2D eigenvalue weighted by Gasteiger charge is -2.30. The first-order chi connectivity index (χ1) is 6.12. The normalized spacial score (nSPS) is 43.2. The molecule has 0 aliphatic carbocycles. The van der Waals surface area contributed by atoms with E-state index in [1.165, 1.54) is 0 Å². The van der Waals surface area contributed by atoms with Gasteiger partial charge in [0.2, 0.25) is 0 Å². The van der Waals surface area contributed by atoms with Crippen molar-refractivity contribution in [1.29, 1.82) is 0 Å². The molecule has 4 nitrogen and oxygen atoms in total. The first kappa shape index (κ1) is 9.40. The quantitative estimate of drug-likeness (QED) is 0.639. The second-order valence-electron chi connectivity index (χ2n) is 4.07. The minimum absolute atomic E-state index is 0.000486. The molecule has 2 N–H and O–H groups in total. The van der Waals surface area contributed by atoms with Crippen LogP contribution in [0.4, 0.5) is 0 Å². The highest BCUT2D eigenvalue weighted by molar-refractivity contribution is 4.90. The van der Waals surface area contributed by atoms with E-state index in [0.29, 0.717) is 6.54 Å². The van der Waals surface area contributed by atoms with Gasteiger partial charge in [-0.1, -0.05) is 0 Å². The summed E-state index contributed by atoms with van der Waals surface area (Å²) in [5.41, 5.74) is 5.59. The van der Waals surface area contributed by atoms with Crippen LogP contribution in [0.2, 0.25) is 0 Å². The van der Waals surface area contributed by atoms with Crippen molar-refractivity contribution >= 4 is 0 Å². The van der Waals surface area contributed by atoms with Gasteiger partial charge >= 0.3 is 0 Å². The van der Waals surface area contributed by atoms with Crippen molar-refractivity contribution in [2.24, 2.45) is 5.73 Å². The summed E-state index contributed by atoms with van der Waals surface area (Å²) in [6.45, 7) is 5.08. The summed E-state index contributed by atoms with van der Waals surface area (Å²) >= 11 is 0. The smallest absolute Gasteiger partial charge is 0.163 e. The molecule has 2 heterocycles. The molecule has 0 amide bonds. The van der Waals surface area contributed by atoms with Crippen LogP contribution < -0.4 is 5.73 Å². The molecule has 2 fully saturated rings. The van der Waals surface area contributed by atoms with E-state index < -0.39 is 5.79 Å². The maximum Gasteiger partial charge on any atom is 0.163 e. The van der Waals surface area contributed by atoms with E-state index in [9.17, 15) is 0 Å². The Hall–Kier alpha value is -0.160. The molecule has 2 aliphatic heterocycles. The van der Waals surface area contributed by atoms with Gasteiger partial charge in [-0.2, -0.15) is 0 Å². The van der Waals surface area contributed by atoms with Crippen molar-refractivity contribution in [1.82, 2.24) is 0 Å². The lowest BCUT2D eigenvalue weighted by Crippen LogP contribution is -2.46. The Balaban J connectivity index is 2.08. The second kappa shape index (κ2) is 3.20. The highest BCUT2D eigenvalue weighted by atomic mass is 16.8. The molecule has 2 aliphatic rings. The Morgan fingerprint density at radius 3 is 2.85 bits per heavy atom. The van der Waals surface area contributed by atoms with E-state index in [2.05, 4.69) is 0 Å². The third kappa shape index (κ3) is 1.72. The first-order valence-electron chi connectivity index (χ1n) is 4.80. The number of nitrogens with two attached hydrogens (primary N) is 1. The van der Waals surface area contributed by atoms with Gasteiger partial charge in [0, 0.05) is 13.2 Å². The minimum Gasteiger partial charge on any atom is -0.374 e. The molecule has 0 saturated carbocycles. The Labute approximate surface area is 78.3 Å². The lowest BCUT2D eigenvalue weighted by molar-refractivity contribution is -0.152. The molecule has 0 aromatic rings. The summed E-state index contributed by atoms with van der Waals surface area (Å²) in [7, 11) is 0. The van der Waals surface area contributed by atoms with Crippen LogP contribution in [0.25, 0.3) is 0 Å². The van der Waals surface area contributed by atoms with Crippen molar-refractivity contribution in [3.8, 4) is 0 Å². The Kier molecular flexibility index (Phi) is 2.32. The average Bonchev–Trinajstić information content (AvgIpc) is 2.37. The monoisotopic (exact) mass is 187 g/mol. The second-order valence-corrected chi connectivity index (χ2v) is 4.07. The summed E-state index contributed by atoms with van der Waals surface area (Å²) in [5, 5.41) is 0. The van der Waals surface area contributed by atoms with Gasteiger partial charge in [0.25, 0.3) is 0 Å². The van der Waals surface area contributed by atoms with Gasteiger partial charge in [-0.25, -0.2) is 0 Å². The molecular formula is C9H17NO3. The van der Waals surface area contributed by atoms with Crippen LogP contribution in [0, 0.1) is 0 Å². The van der Waals surface area contributed by atoms with E-state index in [0.717, 1.165) is 13.0 Å². The largest absolute Gasteiger partial charge is 0.374 e. The molecule has 0 bridgehead atoms. The molecule has 0 aromatic carbocycles. The van der Waals surface area contributed by atoms with Gasteiger partial charge in [-0.05, 0) is 20.3 Å². The lowest BCUT2D eigenvalue weighted by atomic mass is 10.0. The van der Waals surface area contributed by atoms with Gasteiger partial charge in [0.15, 0.2) is 5.79 Å². The molecule has 13 heavy (non-hydrogen) atoms. The summed E-state index contributed by atoms with van der Waals surface area (Å²) in [6, 6.07) is 0. The summed E-state index contributed by atoms with van der Waals surface area (Å²) in [5.74, 6) is -0.476. The van der Waals surface area contributed by atoms with Gasteiger partial charge in [-0.15, -0.1) is 0 Å². The predicted octanol–water partition coefficient (Wildman–Crippen LogP) is 0.254. The minimum atomic E-state index is -0.476. The van der Waals surface area contributed by atoms with Crippen LogP contribution in [0.3, 0.4) is 0 Å². The van der Waals surface area contributed by atoms with Crippen molar-refractivity contribution in [3.63, 3.8) is 0 Å². The zero-order chi connectivity index (χ0) is 9.47. The van der Waals surface area contributed by atoms with Gasteiger partial charge in [0.1, 0.15) is 6.10 Å². The molecule has 0 aromatic heterocycles. The SMILES string of the molecule is CC1(C)OC2CCO[C@H](CN)C2O1. The highest BCUT2D eigenvalue weighted by Gasteiger charge is 2.46. The maximum atomic E-state index is 5.73. The summed E-state index contributed by atoms with van der Waals surface area (Å²) in [4.78, 5) is 0. The van der Waals surface area contributed by atoms with Crippen molar-refractivity contribution in [2.75, 3.05) is 13.2 Å². The third-order valence-corrected chi connectivity index (χ3v) is 2.55. The maximum absolute atomic E-state index is 5.73. The van der Waals surface area contributed by atoms with Crippen LogP contribution in [-0.2, 0) is 14.2 Å². The fourth-order valence-corrected chi connectivity index (χ4v) is 2.03. The van der Waals surface area contributed by atoms with Crippen molar-refractivity contribution in [3.05, 3.63) is 0 Å². The van der Waals surface area contributed by atoms with Crippen LogP contribution in [0.15, 0.2) is 0 Å². The molecule has 3 atom stereocenters. The fraction of sp³-hybridized carbons (Fsp3) is 1.00. The highest BCUT2D eigenvalue weighted by Crippen LogP contribution is 2.34. The Morgan fingerprint density at radius 2 is 2.15 bits per heavy atom. The van der Waals surface area contributed by atoms with Gasteiger partial charge in [-0.3, -0.25) is 0 Å². The number of rotatable bonds is 1. The molecule has 76 valence electrons. The van der Waals surface area contributed by atoms with Crippen molar-refractivity contribution < 1.29 is 14.2 Å². The van der Waals surface area contributed by atoms with Gasteiger partial charge < -0.3 is 19.9 Å². The van der Waals surface area contributed by atoms with Crippen LogP contribution in [0.1, 0.15) is 20.3 Å². The van der Waals surface area contributed by atoms with E-state index >= 15 is 0 Å². The third-order valence-electron chi connectivity index (χ3n) is 2.55. The predicted molar refractivity (Wildman–Crippen MR) is 47.2 cm³/mol. The average molecular weight is 187 g/mol. The first-order valence-corrected chi connectivity index (χ1v) is 4.80. The molecular weight excluding hydrogens is 170 g/mol. The molecule has 0 radical (unpaired) electrons. The number of ether oxygens (including phenoxy) is 3. The van der Waals surface area contributed by atoms with Crippen LogP contribution >= 0.6 is 0 Å². The summed E-state index contributed by atoms with van der Waals surface area (Å²) in [6.07, 6.45) is 1.09. The standard InChI is InChI=1S/C9H17NO3/c1-9(2)12-6-3-4-11-7(5-10)8(6)13-9/h6-8H,3-5,10H2,1-2H3/t6?,7-,8?/m1/s1. The fourth-order valence-electron chi connectivity index (χ4n) is 2.03. The Bertz CT molecular complexity index is 195. The van der Waals surface area contributed by atoms with E-state index in [-0.39, 0.29) is 18.3 Å². The number of hydrogen-bond donors (Lipinski definition) is 1. The topological polar surface area (TPSA) is 53.7 Å².